The molecule has 5 heterocycles. The molecule has 62 heavy (non-hydrogen) atoms. The van der Waals surface area contributed by atoms with Crippen LogP contribution < -0.4 is 25.6 Å². The van der Waals surface area contributed by atoms with Crippen LogP contribution >= 0.6 is 18.7 Å². The number of aromatic nitrogens is 2. The predicted octanol–water partition coefficient (Wildman–Crippen LogP) is 4.19. The van der Waals surface area contributed by atoms with Crippen molar-refractivity contribution in [2.45, 2.75) is 50.6 Å². The average molecular weight is 881 g/mol. The minimum absolute atomic E-state index is 0.0320. The van der Waals surface area contributed by atoms with Gasteiger partial charge in [-0.1, -0.05) is 41.9 Å². The normalized spacial score (nSPS) is 18.8. The maximum absolute atomic E-state index is 13.2. The highest BCUT2D eigenvalue weighted by Crippen LogP contribution is 2.37. The Hall–Kier alpha value is -5.63. The molecule has 3 fully saturated rings. The van der Waals surface area contributed by atoms with E-state index in [-0.39, 0.29) is 36.4 Å². The number of carbonyl (C=O) groups is 5. The molecule has 1 unspecified atom stereocenters. The third-order valence-corrected chi connectivity index (χ3v) is 14.2. The van der Waals surface area contributed by atoms with Crippen LogP contribution in [0.3, 0.4) is 0 Å². The Morgan fingerprint density at radius 2 is 1.63 bits per heavy atom. The van der Waals surface area contributed by atoms with E-state index in [1.165, 1.54) is 12.1 Å². The number of piperidine rings is 2. The average Bonchev–Trinajstić information content (AvgIpc) is 3.51. The molecule has 8 rings (SSSR count). The number of benzene rings is 3. The SMILES string of the molecule is COc1cc(N2CCC(N3CCN(C(=O)CNc4ccc5c(c4)C(=O)N(C4CCC(=O)NC4=O)C5=O)CC3)CC2)ccc1Cc1ncc(Cl)c(Cc2ccccc2P(C)(C)=O)n1. The zero-order valence-electron chi connectivity index (χ0n) is 35.1. The Labute approximate surface area is 365 Å². The maximum Gasteiger partial charge on any atom is 0.262 e. The van der Waals surface area contributed by atoms with Gasteiger partial charge in [0, 0.05) is 99.1 Å². The van der Waals surface area contributed by atoms with Gasteiger partial charge in [-0.05, 0) is 62.4 Å². The van der Waals surface area contributed by atoms with Gasteiger partial charge in [0.1, 0.15) is 24.8 Å². The van der Waals surface area contributed by atoms with Crippen LogP contribution in [0, 0.1) is 0 Å². The van der Waals surface area contributed by atoms with Crippen molar-refractivity contribution in [1.82, 2.24) is 30.0 Å². The standard InChI is InChI=1S/C45H50ClN8O7P/c1-61-38-25-32(10-8-28(38)23-40-48-26-35(46)36(49-40)22-29-6-4-5-7-39(29)62(2,3)60)51-16-14-31(15-17-51)52-18-20-53(21-19-52)42(56)27-47-30-9-11-33-34(24-30)45(59)54(44(33)58)37-12-13-41(55)50-43(37)57/h4-11,24-26,31,37,47H,12-23,27H2,1-3H3,(H,50,55,57). The lowest BCUT2D eigenvalue weighted by molar-refractivity contribution is -0.136. The van der Waals surface area contributed by atoms with Crippen molar-refractivity contribution in [1.29, 1.82) is 0 Å². The number of hydrogen-bond donors (Lipinski definition) is 2. The number of anilines is 2. The van der Waals surface area contributed by atoms with E-state index in [4.69, 9.17) is 21.3 Å². The zero-order chi connectivity index (χ0) is 43.7. The van der Waals surface area contributed by atoms with Crippen molar-refractivity contribution in [2.24, 2.45) is 0 Å². The number of methoxy groups -OCH3 is 1. The number of hydrogen-bond acceptors (Lipinski definition) is 12. The lowest BCUT2D eigenvalue weighted by Crippen LogP contribution is -2.55. The van der Waals surface area contributed by atoms with E-state index in [1.54, 1.807) is 32.7 Å². The Morgan fingerprint density at radius 1 is 0.887 bits per heavy atom. The molecule has 0 saturated carbocycles. The second-order valence-corrected chi connectivity index (χ2v) is 20.2. The van der Waals surface area contributed by atoms with Crippen LogP contribution in [0.5, 0.6) is 5.75 Å². The molecular weight excluding hydrogens is 831 g/mol. The van der Waals surface area contributed by atoms with E-state index in [2.05, 4.69) is 43.6 Å². The number of ether oxygens (including phenoxy) is 1. The number of rotatable bonds is 12. The van der Waals surface area contributed by atoms with Crippen LogP contribution in [-0.4, -0.2) is 133 Å². The third-order valence-electron chi connectivity index (χ3n) is 12.3. The van der Waals surface area contributed by atoms with Crippen molar-refractivity contribution in [3.05, 3.63) is 106 Å². The van der Waals surface area contributed by atoms with Gasteiger partial charge < -0.3 is 24.4 Å². The van der Waals surface area contributed by atoms with Gasteiger partial charge in [-0.25, -0.2) is 9.97 Å². The summed E-state index contributed by atoms with van der Waals surface area (Å²) in [5, 5.41) is 6.61. The molecule has 1 atom stereocenters. The van der Waals surface area contributed by atoms with Crippen molar-refractivity contribution in [2.75, 3.05) is 76.5 Å². The van der Waals surface area contributed by atoms with Crippen LogP contribution in [0.2, 0.25) is 5.02 Å². The molecule has 15 nitrogen and oxygen atoms in total. The quantitative estimate of drug-likeness (QED) is 0.154. The first-order chi connectivity index (χ1) is 29.8. The summed E-state index contributed by atoms with van der Waals surface area (Å²) >= 11 is 6.56. The van der Waals surface area contributed by atoms with Crippen LogP contribution in [0.1, 0.15) is 69.0 Å². The highest BCUT2D eigenvalue weighted by molar-refractivity contribution is 7.70. The fourth-order valence-electron chi connectivity index (χ4n) is 8.96. The first kappa shape index (κ1) is 43.0. The molecule has 5 amide bonds. The van der Waals surface area contributed by atoms with Crippen molar-refractivity contribution in [3.63, 3.8) is 0 Å². The van der Waals surface area contributed by atoms with Gasteiger partial charge >= 0.3 is 0 Å². The first-order valence-electron chi connectivity index (χ1n) is 20.9. The van der Waals surface area contributed by atoms with Gasteiger partial charge in [-0.2, -0.15) is 0 Å². The molecule has 0 radical (unpaired) electrons. The molecule has 0 bridgehead atoms. The summed E-state index contributed by atoms with van der Waals surface area (Å²) in [5.74, 6) is -0.914. The molecule has 4 aliphatic heterocycles. The van der Waals surface area contributed by atoms with E-state index >= 15 is 0 Å². The minimum Gasteiger partial charge on any atom is -0.496 e. The van der Waals surface area contributed by atoms with Crippen molar-refractivity contribution in [3.8, 4) is 5.75 Å². The fraction of sp³-hybridized carbons (Fsp3) is 0.400. The summed E-state index contributed by atoms with van der Waals surface area (Å²) in [5.41, 5.74) is 4.56. The van der Waals surface area contributed by atoms with E-state index in [0.29, 0.717) is 54.2 Å². The summed E-state index contributed by atoms with van der Waals surface area (Å²) in [6.07, 6.45) is 4.68. The smallest absolute Gasteiger partial charge is 0.262 e. The highest BCUT2D eigenvalue weighted by Gasteiger charge is 2.44. The van der Waals surface area contributed by atoms with E-state index < -0.39 is 36.8 Å². The molecule has 2 N–H and O–H groups in total. The number of nitrogens with one attached hydrogen (secondary N) is 2. The lowest BCUT2D eigenvalue weighted by atomic mass is 10.0. The number of piperazine rings is 1. The second-order valence-electron chi connectivity index (χ2n) is 16.6. The van der Waals surface area contributed by atoms with Gasteiger partial charge in [-0.15, -0.1) is 0 Å². The first-order valence-corrected chi connectivity index (χ1v) is 23.9. The van der Waals surface area contributed by atoms with Crippen LogP contribution in [0.25, 0.3) is 0 Å². The molecular formula is C45H50ClN8O7P. The Bertz CT molecular complexity index is 2480. The fourth-order valence-corrected chi connectivity index (χ4v) is 10.4. The van der Waals surface area contributed by atoms with Crippen LogP contribution in [0.4, 0.5) is 11.4 Å². The number of imide groups is 2. The summed E-state index contributed by atoms with van der Waals surface area (Å²) < 4.78 is 18.8. The largest absolute Gasteiger partial charge is 0.496 e. The highest BCUT2D eigenvalue weighted by atomic mass is 35.5. The Kier molecular flexibility index (Phi) is 12.5. The topological polar surface area (TPSA) is 174 Å². The van der Waals surface area contributed by atoms with Gasteiger partial charge in [-0.3, -0.25) is 39.1 Å². The van der Waals surface area contributed by atoms with Crippen LogP contribution in [0.15, 0.2) is 66.9 Å². The number of fused-ring (bicyclic) bond motifs is 1. The second kappa shape index (κ2) is 18.0. The van der Waals surface area contributed by atoms with E-state index in [9.17, 15) is 28.5 Å². The van der Waals surface area contributed by atoms with Crippen molar-refractivity contribution < 1.29 is 33.3 Å². The molecule has 324 valence electrons. The van der Waals surface area contributed by atoms with Gasteiger partial charge in [0.25, 0.3) is 11.8 Å². The van der Waals surface area contributed by atoms with E-state index in [0.717, 1.165) is 71.8 Å². The molecule has 3 saturated heterocycles. The maximum atomic E-state index is 13.2. The Balaban J connectivity index is 0.806. The van der Waals surface area contributed by atoms with Crippen molar-refractivity contribution >= 4 is 65.0 Å². The van der Waals surface area contributed by atoms with Gasteiger partial charge in [0.15, 0.2) is 0 Å². The third kappa shape index (κ3) is 9.11. The van der Waals surface area contributed by atoms with Gasteiger partial charge in [0.2, 0.25) is 17.7 Å². The number of nitrogens with zero attached hydrogens (tertiary/aromatic N) is 6. The minimum atomic E-state index is -2.49. The molecule has 1 aromatic heterocycles. The molecule has 0 aliphatic carbocycles. The van der Waals surface area contributed by atoms with Crippen LogP contribution in [-0.2, 0) is 31.8 Å². The molecule has 0 spiro atoms. The molecule has 4 aliphatic rings. The summed E-state index contributed by atoms with van der Waals surface area (Å²) in [6.45, 7) is 8.15. The number of carbonyl (C=O) groups excluding carboxylic acids is 5. The lowest BCUT2D eigenvalue weighted by Gasteiger charge is -2.43. The summed E-state index contributed by atoms with van der Waals surface area (Å²) in [7, 11) is -0.816. The predicted molar refractivity (Wildman–Crippen MR) is 236 cm³/mol. The Morgan fingerprint density at radius 3 is 2.35 bits per heavy atom. The van der Waals surface area contributed by atoms with Gasteiger partial charge in [0.05, 0.1) is 35.5 Å². The summed E-state index contributed by atoms with van der Waals surface area (Å²) in [4.78, 5) is 80.5. The molecule has 3 aromatic carbocycles. The number of halogens is 1. The van der Waals surface area contributed by atoms with E-state index in [1.807, 2.05) is 29.2 Å². The zero-order valence-corrected chi connectivity index (χ0v) is 36.7. The molecule has 17 heteroatoms. The summed E-state index contributed by atoms with van der Waals surface area (Å²) in [6, 6.07) is 18.1. The monoisotopic (exact) mass is 880 g/mol. The molecule has 4 aromatic rings. The number of amides is 5.